The molecule has 1 aliphatic rings. The molecule has 1 rings (SSSR count). The van der Waals surface area contributed by atoms with Crippen molar-refractivity contribution in [3.05, 3.63) is 0 Å². The molecule has 5 nitrogen and oxygen atoms in total. The average Bonchev–Trinajstić information content (AvgIpc) is 2.39. The zero-order chi connectivity index (χ0) is 16.0. The molecule has 0 aromatic heterocycles. The number of quaternary nitrogens is 1. The molecule has 0 saturated heterocycles. The van der Waals surface area contributed by atoms with Crippen LogP contribution in [-0.2, 0) is 9.59 Å². The standard InChI is InChI=1S/C16H31N3O2/c1-11(2)17-15(20)10-19(5)13(4)16(21)18-14-9-7-6-8-12(14)3/h11-14H,6-10H2,1-5H3,(H,17,20)(H,18,21)/p+1/t12-,13-,14+/m1/s1. The highest BCUT2D eigenvalue weighted by Gasteiger charge is 2.28. The van der Waals surface area contributed by atoms with Gasteiger partial charge in [0.25, 0.3) is 11.8 Å². The van der Waals surface area contributed by atoms with E-state index in [2.05, 4.69) is 17.6 Å². The van der Waals surface area contributed by atoms with Gasteiger partial charge in [-0.3, -0.25) is 9.59 Å². The third-order valence-electron chi connectivity index (χ3n) is 4.46. The van der Waals surface area contributed by atoms with Crippen molar-refractivity contribution in [2.75, 3.05) is 13.6 Å². The molecule has 21 heavy (non-hydrogen) atoms. The molecule has 2 amide bonds. The molecule has 1 fully saturated rings. The summed E-state index contributed by atoms with van der Waals surface area (Å²) >= 11 is 0. The number of likely N-dealkylation sites (N-methyl/N-ethyl adjacent to an activating group) is 1. The first-order valence-corrected chi connectivity index (χ1v) is 8.23. The summed E-state index contributed by atoms with van der Waals surface area (Å²) in [5.41, 5.74) is 0. The fourth-order valence-corrected chi connectivity index (χ4v) is 2.84. The van der Waals surface area contributed by atoms with Gasteiger partial charge in [-0.25, -0.2) is 0 Å². The van der Waals surface area contributed by atoms with Crippen molar-refractivity contribution in [1.82, 2.24) is 10.6 Å². The molecule has 0 heterocycles. The van der Waals surface area contributed by atoms with Crippen LogP contribution in [0.15, 0.2) is 0 Å². The maximum Gasteiger partial charge on any atom is 0.278 e. The first-order chi connectivity index (χ1) is 9.81. The predicted octanol–water partition coefficient (Wildman–Crippen LogP) is 0.109. The molecular weight excluding hydrogens is 266 g/mol. The van der Waals surface area contributed by atoms with Crippen LogP contribution in [0, 0.1) is 5.92 Å². The first-order valence-electron chi connectivity index (χ1n) is 8.23. The summed E-state index contributed by atoms with van der Waals surface area (Å²) in [4.78, 5) is 25.0. The van der Waals surface area contributed by atoms with Gasteiger partial charge in [0.05, 0.1) is 7.05 Å². The lowest BCUT2D eigenvalue weighted by Crippen LogP contribution is -3.15. The summed E-state index contributed by atoms with van der Waals surface area (Å²) in [5, 5.41) is 6.04. The van der Waals surface area contributed by atoms with Crippen LogP contribution in [0.3, 0.4) is 0 Å². The van der Waals surface area contributed by atoms with E-state index in [4.69, 9.17) is 0 Å². The maximum absolute atomic E-state index is 12.3. The summed E-state index contributed by atoms with van der Waals surface area (Å²) in [7, 11) is 1.90. The number of rotatable bonds is 6. The van der Waals surface area contributed by atoms with E-state index in [9.17, 15) is 9.59 Å². The van der Waals surface area contributed by atoms with E-state index in [1.54, 1.807) is 0 Å². The zero-order valence-corrected chi connectivity index (χ0v) is 14.2. The van der Waals surface area contributed by atoms with Crippen LogP contribution in [0.25, 0.3) is 0 Å². The van der Waals surface area contributed by atoms with Gasteiger partial charge in [-0.05, 0) is 39.5 Å². The fourth-order valence-electron chi connectivity index (χ4n) is 2.84. The number of hydrogen-bond donors (Lipinski definition) is 3. The second-order valence-electron chi connectivity index (χ2n) is 6.84. The number of carbonyl (C=O) groups excluding carboxylic acids is 2. The van der Waals surface area contributed by atoms with E-state index < -0.39 is 0 Å². The van der Waals surface area contributed by atoms with Crippen LogP contribution in [0.5, 0.6) is 0 Å². The molecule has 0 bridgehead atoms. The highest BCUT2D eigenvalue weighted by atomic mass is 16.2. The normalized spacial score (nSPS) is 25.2. The summed E-state index contributed by atoms with van der Waals surface area (Å²) in [6.07, 6.45) is 4.73. The van der Waals surface area contributed by atoms with Crippen LogP contribution in [0.4, 0.5) is 0 Å². The maximum atomic E-state index is 12.3. The van der Waals surface area contributed by atoms with Gasteiger partial charge >= 0.3 is 0 Å². The molecule has 5 heteroatoms. The highest BCUT2D eigenvalue weighted by Crippen LogP contribution is 2.23. The van der Waals surface area contributed by atoms with Gasteiger partial charge in [0, 0.05) is 12.1 Å². The van der Waals surface area contributed by atoms with E-state index in [0.717, 1.165) is 11.3 Å². The first kappa shape index (κ1) is 18.0. The van der Waals surface area contributed by atoms with Crippen molar-refractivity contribution in [2.24, 2.45) is 5.92 Å². The Hall–Kier alpha value is -1.10. The van der Waals surface area contributed by atoms with Gasteiger partial charge < -0.3 is 15.5 Å². The lowest BCUT2D eigenvalue weighted by Gasteiger charge is -2.31. The van der Waals surface area contributed by atoms with Gasteiger partial charge in [0.15, 0.2) is 12.6 Å². The van der Waals surface area contributed by atoms with Crippen LogP contribution < -0.4 is 15.5 Å². The Morgan fingerprint density at radius 1 is 1.19 bits per heavy atom. The number of nitrogens with one attached hydrogen (secondary N) is 3. The van der Waals surface area contributed by atoms with Crippen molar-refractivity contribution in [2.45, 2.75) is 71.5 Å². The Bertz CT molecular complexity index is 357. The van der Waals surface area contributed by atoms with E-state index in [1.165, 1.54) is 19.3 Å². The van der Waals surface area contributed by atoms with E-state index in [0.29, 0.717) is 18.5 Å². The van der Waals surface area contributed by atoms with Gasteiger partial charge in [-0.15, -0.1) is 0 Å². The Kier molecular flexibility index (Phi) is 7.15. The minimum absolute atomic E-state index is 0.00631. The molecule has 4 atom stereocenters. The van der Waals surface area contributed by atoms with Gasteiger partial charge in [0.1, 0.15) is 0 Å². The summed E-state index contributed by atoms with van der Waals surface area (Å²) in [5.74, 6) is 0.608. The van der Waals surface area contributed by atoms with Crippen molar-refractivity contribution >= 4 is 11.8 Å². The molecule has 1 unspecified atom stereocenters. The van der Waals surface area contributed by atoms with Crippen LogP contribution in [0.1, 0.15) is 53.4 Å². The molecule has 0 spiro atoms. The van der Waals surface area contributed by atoms with Gasteiger partial charge in [0.2, 0.25) is 0 Å². The SMILES string of the molecule is CC(C)NC(=O)C[NH+](C)[C@H](C)C(=O)N[C@H]1CCCC[C@H]1C. The largest absolute Gasteiger partial charge is 0.349 e. The molecule has 0 aromatic rings. The van der Waals surface area contributed by atoms with E-state index in [1.807, 2.05) is 27.8 Å². The number of hydrogen-bond acceptors (Lipinski definition) is 2. The minimum atomic E-state index is -0.211. The number of carbonyl (C=O) groups is 2. The van der Waals surface area contributed by atoms with Gasteiger partial charge in [-0.2, -0.15) is 0 Å². The van der Waals surface area contributed by atoms with Crippen molar-refractivity contribution in [3.63, 3.8) is 0 Å². The van der Waals surface area contributed by atoms with Crippen molar-refractivity contribution < 1.29 is 14.5 Å². The molecule has 1 aliphatic carbocycles. The third kappa shape index (κ3) is 6.04. The Morgan fingerprint density at radius 3 is 2.38 bits per heavy atom. The van der Waals surface area contributed by atoms with Crippen molar-refractivity contribution in [1.29, 1.82) is 0 Å². The topological polar surface area (TPSA) is 62.6 Å². The molecular formula is C16H32N3O2+. The molecule has 3 N–H and O–H groups in total. The Morgan fingerprint density at radius 2 is 1.81 bits per heavy atom. The summed E-state index contributed by atoms with van der Waals surface area (Å²) in [6.45, 7) is 8.30. The van der Waals surface area contributed by atoms with E-state index >= 15 is 0 Å². The lowest BCUT2D eigenvalue weighted by atomic mass is 9.86. The Balaban J connectivity index is 2.43. The lowest BCUT2D eigenvalue weighted by molar-refractivity contribution is -0.886. The van der Waals surface area contributed by atoms with Crippen LogP contribution in [0.2, 0.25) is 0 Å². The second-order valence-corrected chi connectivity index (χ2v) is 6.84. The van der Waals surface area contributed by atoms with Crippen LogP contribution in [-0.4, -0.2) is 43.5 Å². The predicted molar refractivity (Wildman–Crippen MR) is 84.1 cm³/mol. The second kappa shape index (κ2) is 8.37. The molecule has 0 aromatic carbocycles. The van der Waals surface area contributed by atoms with E-state index in [-0.39, 0.29) is 23.9 Å². The monoisotopic (exact) mass is 298 g/mol. The third-order valence-corrected chi connectivity index (χ3v) is 4.46. The zero-order valence-electron chi connectivity index (χ0n) is 14.2. The Labute approximate surface area is 128 Å². The fraction of sp³-hybridized carbons (Fsp3) is 0.875. The molecule has 0 aliphatic heterocycles. The average molecular weight is 298 g/mol. The summed E-state index contributed by atoms with van der Waals surface area (Å²) in [6, 6.07) is 0.223. The molecule has 0 radical (unpaired) electrons. The van der Waals surface area contributed by atoms with Gasteiger partial charge in [-0.1, -0.05) is 19.8 Å². The summed E-state index contributed by atoms with van der Waals surface area (Å²) < 4.78 is 0. The minimum Gasteiger partial charge on any atom is -0.349 e. The smallest absolute Gasteiger partial charge is 0.278 e. The van der Waals surface area contributed by atoms with Crippen LogP contribution >= 0.6 is 0 Å². The number of amides is 2. The molecule has 122 valence electrons. The van der Waals surface area contributed by atoms with Crippen molar-refractivity contribution in [3.8, 4) is 0 Å². The quantitative estimate of drug-likeness (QED) is 0.652. The molecule has 1 saturated carbocycles. The highest BCUT2D eigenvalue weighted by molar-refractivity contribution is 5.81.